The zero-order valence-corrected chi connectivity index (χ0v) is 8.56. The zero-order chi connectivity index (χ0) is 10.4. The van der Waals surface area contributed by atoms with E-state index < -0.39 is 0 Å². The Morgan fingerprint density at radius 3 is 2.79 bits per heavy atom. The lowest BCUT2D eigenvalue weighted by Crippen LogP contribution is -2.22. The molecule has 14 heavy (non-hydrogen) atoms. The molecular formula is C11H15NO2. The van der Waals surface area contributed by atoms with Crippen molar-refractivity contribution < 1.29 is 9.53 Å². The van der Waals surface area contributed by atoms with Crippen LogP contribution in [-0.2, 0) is 4.79 Å². The Balaban J connectivity index is 2.38. The third kappa shape index (κ3) is 3.09. The van der Waals surface area contributed by atoms with Crippen LogP contribution >= 0.6 is 0 Å². The number of rotatable bonds is 5. The summed E-state index contributed by atoms with van der Waals surface area (Å²) in [5, 5.41) is 0. The quantitative estimate of drug-likeness (QED) is 0.663. The molecule has 0 aliphatic rings. The van der Waals surface area contributed by atoms with E-state index in [1.807, 2.05) is 31.2 Å². The largest absolute Gasteiger partial charge is 0.491 e. The van der Waals surface area contributed by atoms with Gasteiger partial charge in [-0.1, -0.05) is 18.2 Å². The van der Waals surface area contributed by atoms with Crippen LogP contribution in [0.25, 0.3) is 0 Å². The van der Waals surface area contributed by atoms with E-state index >= 15 is 0 Å². The van der Waals surface area contributed by atoms with E-state index in [4.69, 9.17) is 4.74 Å². The van der Waals surface area contributed by atoms with Crippen molar-refractivity contribution in [3.8, 4) is 5.75 Å². The second kappa shape index (κ2) is 5.27. The summed E-state index contributed by atoms with van der Waals surface area (Å²) in [6.45, 7) is 3.14. The van der Waals surface area contributed by atoms with Crippen molar-refractivity contribution in [1.29, 1.82) is 0 Å². The minimum absolute atomic E-state index is 0.528. The average molecular weight is 193 g/mol. The number of nitrogens with zero attached hydrogens (tertiary/aromatic N) is 1. The standard InChI is InChI=1S/C11H15NO2/c1-10-5-3-4-6-11(10)14-8-7-12(2)9-13/h3-6,9H,7-8H2,1-2H3. The maximum Gasteiger partial charge on any atom is 0.209 e. The lowest BCUT2D eigenvalue weighted by atomic mass is 10.2. The van der Waals surface area contributed by atoms with Crippen molar-refractivity contribution in [2.24, 2.45) is 0 Å². The zero-order valence-electron chi connectivity index (χ0n) is 8.56. The molecule has 0 aromatic heterocycles. The van der Waals surface area contributed by atoms with Gasteiger partial charge in [-0.3, -0.25) is 4.79 Å². The van der Waals surface area contributed by atoms with E-state index in [-0.39, 0.29) is 0 Å². The van der Waals surface area contributed by atoms with Gasteiger partial charge in [-0.15, -0.1) is 0 Å². The lowest BCUT2D eigenvalue weighted by Gasteiger charge is -2.12. The Morgan fingerprint density at radius 1 is 1.43 bits per heavy atom. The fourth-order valence-corrected chi connectivity index (χ4v) is 1.07. The number of aryl methyl sites for hydroxylation is 1. The molecule has 0 bridgehead atoms. The first-order valence-corrected chi connectivity index (χ1v) is 4.58. The second-order valence-corrected chi connectivity index (χ2v) is 3.20. The highest BCUT2D eigenvalue weighted by molar-refractivity contribution is 5.46. The summed E-state index contributed by atoms with van der Waals surface area (Å²) >= 11 is 0. The van der Waals surface area contributed by atoms with Crippen LogP contribution in [0.15, 0.2) is 24.3 Å². The summed E-state index contributed by atoms with van der Waals surface area (Å²) < 4.78 is 5.51. The first-order valence-electron chi connectivity index (χ1n) is 4.58. The van der Waals surface area contributed by atoms with Gasteiger partial charge in [0.15, 0.2) is 0 Å². The van der Waals surface area contributed by atoms with E-state index in [9.17, 15) is 4.79 Å². The third-order valence-electron chi connectivity index (χ3n) is 1.98. The Hall–Kier alpha value is -1.51. The van der Waals surface area contributed by atoms with Crippen LogP contribution in [0, 0.1) is 6.92 Å². The Kier molecular flexibility index (Phi) is 3.98. The van der Waals surface area contributed by atoms with Crippen molar-refractivity contribution in [2.75, 3.05) is 20.2 Å². The highest BCUT2D eigenvalue weighted by Gasteiger charge is 1.98. The van der Waals surface area contributed by atoms with Gasteiger partial charge in [0.2, 0.25) is 6.41 Å². The molecule has 76 valence electrons. The number of benzene rings is 1. The first-order chi connectivity index (χ1) is 6.74. The smallest absolute Gasteiger partial charge is 0.209 e. The van der Waals surface area contributed by atoms with Gasteiger partial charge in [-0.05, 0) is 18.6 Å². The van der Waals surface area contributed by atoms with Crippen LogP contribution in [-0.4, -0.2) is 31.5 Å². The van der Waals surface area contributed by atoms with E-state index in [0.717, 1.165) is 17.7 Å². The van der Waals surface area contributed by atoms with Gasteiger partial charge < -0.3 is 9.64 Å². The molecule has 0 fully saturated rings. The van der Waals surface area contributed by atoms with Crippen LogP contribution in [0.3, 0.4) is 0 Å². The van der Waals surface area contributed by atoms with Crippen LogP contribution in [0.2, 0.25) is 0 Å². The normalized spacial score (nSPS) is 9.57. The maximum absolute atomic E-state index is 10.3. The molecule has 1 aromatic carbocycles. The van der Waals surface area contributed by atoms with E-state index in [2.05, 4.69) is 0 Å². The molecular weight excluding hydrogens is 178 g/mol. The molecule has 0 saturated carbocycles. The molecule has 0 heterocycles. The molecule has 1 amide bonds. The van der Waals surface area contributed by atoms with Gasteiger partial charge in [-0.25, -0.2) is 0 Å². The summed E-state index contributed by atoms with van der Waals surface area (Å²) in [7, 11) is 1.73. The number of hydrogen-bond acceptors (Lipinski definition) is 2. The summed E-state index contributed by atoms with van der Waals surface area (Å²) in [6, 6.07) is 7.83. The molecule has 0 radical (unpaired) electrons. The molecule has 0 saturated heterocycles. The van der Waals surface area contributed by atoms with Gasteiger partial charge in [0.05, 0.1) is 6.54 Å². The molecule has 0 unspecified atom stereocenters. The van der Waals surface area contributed by atoms with Crippen molar-refractivity contribution >= 4 is 6.41 Å². The minimum Gasteiger partial charge on any atom is -0.491 e. The lowest BCUT2D eigenvalue weighted by molar-refractivity contribution is -0.117. The van der Waals surface area contributed by atoms with Crippen LogP contribution in [0.1, 0.15) is 5.56 Å². The van der Waals surface area contributed by atoms with Crippen molar-refractivity contribution in [3.05, 3.63) is 29.8 Å². The van der Waals surface area contributed by atoms with E-state index in [1.165, 1.54) is 0 Å². The SMILES string of the molecule is Cc1ccccc1OCCN(C)C=O. The van der Waals surface area contributed by atoms with Gasteiger partial charge in [-0.2, -0.15) is 0 Å². The van der Waals surface area contributed by atoms with Crippen molar-refractivity contribution in [1.82, 2.24) is 4.90 Å². The fourth-order valence-electron chi connectivity index (χ4n) is 1.07. The summed E-state index contributed by atoms with van der Waals surface area (Å²) in [4.78, 5) is 11.8. The number of likely N-dealkylation sites (N-methyl/N-ethyl adjacent to an activating group) is 1. The van der Waals surface area contributed by atoms with E-state index in [0.29, 0.717) is 13.2 Å². The molecule has 0 atom stereocenters. The Labute approximate surface area is 84.3 Å². The number of ether oxygens (including phenoxy) is 1. The molecule has 1 rings (SSSR count). The molecule has 0 N–H and O–H groups in total. The Morgan fingerprint density at radius 2 is 2.14 bits per heavy atom. The predicted octanol–water partition coefficient (Wildman–Crippen LogP) is 1.46. The first kappa shape index (κ1) is 10.6. The van der Waals surface area contributed by atoms with Crippen LogP contribution in [0.4, 0.5) is 0 Å². The summed E-state index contributed by atoms with van der Waals surface area (Å²) in [6.07, 6.45) is 0.793. The van der Waals surface area contributed by atoms with Crippen LogP contribution in [0.5, 0.6) is 5.75 Å². The van der Waals surface area contributed by atoms with Crippen molar-refractivity contribution in [3.63, 3.8) is 0 Å². The van der Waals surface area contributed by atoms with Crippen LogP contribution < -0.4 is 4.74 Å². The Bertz CT molecular complexity index is 299. The number of carbonyl (C=O) groups is 1. The third-order valence-corrected chi connectivity index (χ3v) is 1.98. The van der Waals surface area contributed by atoms with Gasteiger partial charge in [0.1, 0.15) is 12.4 Å². The number of para-hydroxylation sites is 1. The minimum atomic E-state index is 0.528. The monoisotopic (exact) mass is 193 g/mol. The summed E-state index contributed by atoms with van der Waals surface area (Å²) in [5.41, 5.74) is 1.11. The molecule has 3 heteroatoms. The second-order valence-electron chi connectivity index (χ2n) is 3.20. The van der Waals surface area contributed by atoms with Gasteiger partial charge in [0, 0.05) is 7.05 Å². The number of hydrogen-bond donors (Lipinski definition) is 0. The molecule has 0 aliphatic heterocycles. The molecule has 1 aromatic rings. The predicted molar refractivity (Wildman–Crippen MR) is 55.4 cm³/mol. The number of carbonyl (C=O) groups excluding carboxylic acids is 1. The van der Waals surface area contributed by atoms with E-state index in [1.54, 1.807) is 11.9 Å². The maximum atomic E-state index is 10.3. The fraction of sp³-hybridized carbons (Fsp3) is 0.364. The summed E-state index contributed by atoms with van der Waals surface area (Å²) in [5.74, 6) is 0.881. The van der Waals surface area contributed by atoms with Gasteiger partial charge >= 0.3 is 0 Å². The highest BCUT2D eigenvalue weighted by Crippen LogP contribution is 2.15. The van der Waals surface area contributed by atoms with Crippen molar-refractivity contribution in [2.45, 2.75) is 6.92 Å². The average Bonchev–Trinajstić information content (AvgIpc) is 2.20. The molecule has 0 spiro atoms. The molecule has 0 aliphatic carbocycles. The topological polar surface area (TPSA) is 29.5 Å². The highest BCUT2D eigenvalue weighted by atomic mass is 16.5. The molecule has 3 nitrogen and oxygen atoms in total. The van der Waals surface area contributed by atoms with Gasteiger partial charge in [0.25, 0.3) is 0 Å². The number of amides is 1.